The summed E-state index contributed by atoms with van der Waals surface area (Å²) in [6.07, 6.45) is 1.32. The first kappa shape index (κ1) is 29.4. The number of halogens is 1. The van der Waals surface area contributed by atoms with Crippen molar-refractivity contribution in [3.63, 3.8) is 0 Å². The number of benzene rings is 2. The highest BCUT2D eigenvalue weighted by Gasteiger charge is 2.45. The average molecular weight is 546 g/mol. The van der Waals surface area contributed by atoms with Gasteiger partial charge in [-0.2, -0.15) is 0 Å². The van der Waals surface area contributed by atoms with Crippen LogP contribution in [0.15, 0.2) is 53.5 Å². The van der Waals surface area contributed by atoms with Gasteiger partial charge in [0.2, 0.25) is 5.90 Å². The van der Waals surface area contributed by atoms with Gasteiger partial charge in [-0.25, -0.2) is 10.4 Å². The lowest BCUT2D eigenvalue weighted by atomic mass is 9.94. The second-order valence-corrected chi connectivity index (χ2v) is 10.5. The fourth-order valence-electron chi connectivity index (χ4n) is 3.76. The van der Waals surface area contributed by atoms with E-state index in [9.17, 15) is 9.59 Å². The van der Waals surface area contributed by atoms with Crippen molar-refractivity contribution in [2.45, 2.75) is 57.6 Å². The van der Waals surface area contributed by atoms with Gasteiger partial charge in [-0.05, 0) is 75.6 Å². The Hall–Kier alpha value is -3.14. The van der Waals surface area contributed by atoms with Crippen LogP contribution in [0.5, 0.6) is 5.75 Å². The van der Waals surface area contributed by atoms with Crippen molar-refractivity contribution in [1.29, 1.82) is 0 Å². The molecule has 1 amide bonds. The highest BCUT2D eigenvalue weighted by Crippen LogP contribution is 2.28. The van der Waals surface area contributed by atoms with Crippen molar-refractivity contribution >= 4 is 29.4 Å². The molecule has 2 aromatic carbocycles. The molecule has 0 saturated carbocycles. The Kier molecular flexibility index (Phi) is 10.5. The van der Waals surface area contributed by atoms with Gasteiger partial charge < -0.3 is 19.3 Å². The lowest BCUT2D eigenvalue weighted by Crippen LogP contribution is -2.52. The second kappa shape index (κ2) is 13.6. The summed E-state index contributed by atoms with van der Waals surface area (Å²) >= 11 is 6.04. The second-order valence-electron chi connectivity index (χ2n) is 10.0. The van der Waals surface area contributed by atoms with Crippen LogP contribution in [0.1, 0.15) is 51.2 Å². The summed E-state index contributed by atoms with van der Waals surface area (Å²) in [5.41, 5.74) is 5.47. The van der Waals surface area contributed by atoms with Crippen molar-refractivity contribution in [2.24, 2.45) is 4.99 Å². The van der Waals surface area contributed by atoms with E-state index in [-0.39, 0.29) is 26.1 Å². The third kappa shape index (κ3) is 9.01. The summed E-state index contributed by atoms with van der Waals surface area (Å²) in [5, 5.41) is 9.56. The molecule has 0 saturated heterocycles. The van der Waals surface area contributed by atoms with Gasteiger partial charge in [0.25, 0.3) is 5.91 Å². The molecule has 10 heteroatoms. The first-order chi connectivity index (χ1) is 18.1. The Labute approximate surface area is 228 Å². The van der Waals surface area contributed by atoms with Crippen LogP contribution in [0.2, 0.25) is 5.02 Å². The molecule has 3 N–H and O–H groups in total. The van der Waals surface area contributed by atoms with E-state index in [2.05, 4.69) is 15.8 Å². The molecule has 38 heavy (non-hydrogen) atoms. The van der Waals surface area contributed by atoms with E-state index in [4.69, 9.17) is 30.9 Å². The van der Waals surface area contributed by atoms with Gasteiger partial charge in [0, 0.05) is 36.6 Å². The maximum atomic E-state index is 13.3. The molecular weight excluding hydrogens is 510 g/mol. The average Bonchev–Trinajstić information content (AvgIpc) is 3.31. The zero-order valence-electron chi connectivity index (χ0n) is 22.1. The van der Waals surface area contributed by atoms with Gasteiger partial charge in [0.05, 0.1) is 6.61 Å². The predicted octanol–water partition coefficient (Wildman–Crippen LogP) is 3.60. The van der Waals surface area contributed by atoms with E-state index >= 15 is 0 Å². The number of hydrazine groups is 1. The van der Waals surface area contributed by atoms with Crippen LogP contribution in [0.4, 0.5) is 0 Å². The number of aliphatic hydroxyl groups excluding tert-OH is 1. The number of esters is 1. The number of hydrogen-bond donors (Lipinski definition) is 3. The van der Waals surface area contributed by atoms with Crippen LogP contribution in [-0.4, -0.2) is 60.4 Å². The SMILES string of the molecule is CC(C)(C)OC(=O)CC[C@@]1(C(=O)NNCCc2cccc(Cl)c2)COC(c2ccc(OCCCO)cc2)=N1. The van der Waals surface area contributed by atoms with Gasteiger partial charge in [0.1, 0.15) is 18.0 Å². The third-order valence-corrected chi connectivity index (χ3v) is 5.89. The number of carbonyl (C=O) groups is 2. The topological polar surface area (TPSA) is 118 Å². The largest absolute Gasteiger partial charge is 0.494 e. The predicted molar refractivity (Wildman–Crippen MR) is 145 cm³/mol. The van der Waals surface area contributed by atoms with E-state index < -0.39 is 23.0 Å². The quantitative estimate of drug-likeness (QED) is 0.200. The molecule has 0 bridgehead atoms. The van der Waals surface area contributed by atoms with Crippen LogP contribution in [0.3, 0.4) is 0 Å². The Morgan fingerprint density at radius 3 is 2.63 bits per heavy atom. The van der Waals surface area contributed by atoms with Crippen LogP contribution in [-0.2, 0) is 25.5 Å². The number of hydrogen-bond acceptors (Lipinski definition) is 8. The molecular formula is C28H36ClN3O6. The van der Waals surface area contributed by atoms with Crippen LogP contribution < -0.4 is 15.6 Å². The number of ether oxygens (including phenoxy) is 3. The van der Waals surface area contributed by atoms with Gasteiger partial charge in [-0.15, -0.1) is 0 Å². The van der Waals surface area contributed by atoms with Gasteiger partial charge in [0.15, 0.2) is 5.54 Å². The smallest absolute Gasteiger partial charge is 0.306 e. The minimum atomic E-state index is -1.30. The van der Waals surface area contributed by atoms with Crippen molar-refractivity contribution in [3.05, 3.63) is 64.7 Å². The highest BCUT2D eigenvalue weighted by atomic mass is 35.5. The fraction of sp³-hybridized carbons (Fsp3) is 0.464. The molecule has 3 rings (SSSR count). The number of carbonyl (C=O) groups excluding carboxylic acids is 2. The standard InChI is InChI=1S/C28H36ClN3O6/c1-27(2,3)38-24(34)12-14-28(26(35)32-30-15-13-20-6-4-7-22(29)18-20)19-37-25(31-28)21-8-10-23(11-9-21)36-17-5-16-33/h4,6-11,18,30,33H,5,12-17,19H2,1-3H3,(H,32,35)/t28-/m0/s1. The molecule has 0 fully saturated rings. The van der Waals surface area contributed by atoms with E-state index in [1.807, 2.05) is 24.3 Å². The fourth-order valence-corrected chi connectivity index (χ4v) is 3.97. The normalized spacial score (nSPS) is 16.9. The lowest BCUT2D eigenvalue weighted by Gasteiger charge is -2.24. The molecule has 0 spiro atoms. The van der Waals surface area contributed by atoms with Gasteiger partial charge >= 0.3 is 5.97 Å². The van der Waals surface area contributed by atoms with Crippen molar-refractivity contribution in [3.8, 4) is 5.75 Å². The number of rotatable bonds is 13. The first-order valence-electron chi connectivity index (χ1n) is 12.7. The molecule has 206 valence electrons. The summed E-state index contributed by atoms with van der Waals surface area (Å²) in [5.74, 6) is 0.154. The summed E-state index contributed by atoms with van der Waals surface area (Å²) in [6, 6.07) is 14.6. The zero-order valence-corrected chi connectivity index (χ0v) is 22.8. The number of nitrogens with one attached hydrogen (secondary N) is 2. The zero-order chi connectivity index (χ0) is 27.6. The molecule has 0 radical (unpaired) electrons. The summed E-state index contributed by atoms with van der Waals surface area (Å²) in [6.45, 7) is 6.32. The molecule has 0 aromatic heterocycles. The Morgan fingerprint density at radius 2 is 1.95 bits per heavy atom. The van der Waals surface area contributed by atoms with E-state index in [1.165, 1.54) is 0 Å². The van der Waals surface area contributed by atoms with Crippen molar-refractivity contribution < 1.29 is 28.9 Å². The summed E-state index contributed by atoms with van der Waals surface area (Å²) in [7, 11) is 0. The molecule has 0 aliphatic carbocycles. The Morgan fingerprint density at radius 1 is 1.18 bits per heavy atom. The van der Waals surface area contributed by atoms with Gasteiger partial charge in [-0.3, -0.25) is 15.0 Å². The maximum absolute atomic E-state index is 13.3. The molecule has 1 atom stereocenters. The molecule has 1 heterocycles. The third-order valence-electron chi connectivity index (χ3n) is 5.65. The van der Waals surface area contributed by atoms with E-state index in [0.29, 0.717) is 48.2 Å². The molecule has 1 aliphatic heterocycles. The molecule has 9 nitrogen and oxygen atoms in total. The van der Waals surface area contributed by atoms with Crippen molar-refractivity contribution in [1.82, 2.24) is 10.9 Å². The van der Waals surface area contributed by atoms with Crippen LogP contribution in [0, 0.1) is 0 Å². The maximum Gasteiger partial charge on any atom is 0.306 e. The number of aliphatic imine (C=N–C) groups is 1. The van der Waals surface area contributed by atoms with E-state index in [0.717, 1.165) is 5.56 Å². The monoisotopic (exact) mass is 545 g/mol. The van der Waals surface area contributed by atoms with E-state index in [1.54, 1.807) is 45.0 Å². The lowest BCUT2D eigenvalue weighted by molar-refractivity contribution is -0.155. The van der Waals surface area contributed by atoms with Crippen molar-refractivity contribution in [2.75, 3.05) is 26.4 Å². The first-order valence-corrected chi connectivity index (χ1v) is 13.0. The van der Waals surface area contributed by atoms with Gasteiger partial charge in [-0.1, -0.05) is 23.7 Å². The number of nitrogens with zero attached hydrogens (tertiary/aromatic N) is 1. The number of amides is 1. The Bertz CT molecular complexity index is 1120. The molecule has 0 unspecified atom stereocenters. The minimum Gasteiger partial charge on any atom is -0.494 e. The summed E-state index contributed by atoms with van der Waals surface area (Å²) < 4.78 is 16.9. The minimum absolute atomic E-state index is 0.00494. The highest BCUT2D eigenvalue weighted by molar-refractivity contribution is 6.30. The Balaban J connectivity index is 1.68. The summed E-state index contributed by atoms with van der Waals surface area (Å²) in [4.78, 5) is 30.4. The van der Waals surface area contributed by atoms with Crippen LogP contribution >= 0.6 is 11.6 Å². The molecule has 2 aromatic rings. The number of aliphatic hydroxyl groups is 1. The molecule has 1 aliphatic rings. The van der Waals surface area contributed by atoms with Crippen LogP contribution in [0.25, 0.3) is 0 Å².